The van der Waals surface area contributed by atoms with Gasteiger partial charge in [0.05, 0.1) is 12.6 Å². The van der Waals surface area contributed by atoms with Gasteiger partial charge in [-0.3, -0.25) is 14.6 Å². The number of piperazine rings is 1. The van der Waals surface area contributed by atoms with Crippen LogP contribution in [0.15, 0.2) is 65.7 Å². The fourth-order valence-electron chi connectivity index (χ4n) is 4.17. The number of carbonyl (C=O) groups is 2. The number of nitrogens with zero attached hydrogens (tertiary/aromatic N) is 4. The number of anilines is 2. The molecule has 2 heterocycles. The van der Waals surface area contributed by atoms with Gasteiger partial charge in [0.25, 0.3) is 0 Å². The zero-order chi connectivity index (χ0) is 22.3. The lowest BCUT2D eigenvalue weighted by molar-refractivity contribution is -0.130. The molecular weight excluding hydrogens is 404 g/mol. The quantitative estimate of drug-likeness (QED) is 0.548. The predicted octanol–water partition coefficient (Wildman–Crippen LogP) is 1.31. The van der Waals surface area contributed by atoms with E-state index < -0.39 is 0 Å². The molecule has 2 aliphatic heterocycles. The number of guanidine groups is 1. The summed E-state index contributed by atoms with van der Waals surface area (Å²) >= 11 is 0. The minimum atomic E-state index is -0.0570. The number of carbonyl (C=O) groups excluding carboxylic acids is 2. The van der Waals surface area contributed by atoms with Gasteiger partial charge in [0, 0.05) is 57.6 Å². The zero-order valence-corrected chi connectivity index (χ0v) is 18.4. The summed E-state index contributed by atoms with van der Waals surface area (Å²) in [5.41, 5.74) is 2.09. The van der Waals surface area contributed by atoms with E-state index in [9.17, 15) is 9.59 Å². The molecule has 0 spiro atoms. The van der Waals surface area contributed by atoms with Gasteiger partial charge in [0.15, 0.2) is 5.96 Å². The highest BCUT2D eigenvalue weighted by Gasteiger charge is 2.31. The molecular formula is C24H30N6O2. The van der Waals surface area contributed by atoms with Crippen LogP contribution in [0, 0.1) is 0 Å². The lowest BCUT2D eigenvalue weighted by Crippen LogP contribution is -2.53. The third-order valence-electron chi connectivity index (χ3n) is 5.92. The number of benzene rings is 2. The van der Waals surface area contributed by atoms with Crippen LogP contribution < -0.4 is 20.4 Å². The van der Waals surface area contributed by atoms with Crippen LogP contribution >= 0.6 is 0 Å². The molecule has 2 fully saturated rings. The molecule has 0 saturated carbocycles. The van der Waals surface area contributed by atoms with Gasteiger partial charge in [-0.05, 0) is 24.3 Å². The molecule has 1 unspecified atom stereocenters. The highest BCUT2D eigenvalue weighted by molar-refractivity contribution is 5.97. The van der Waals surface area contributed by atoms with Crippen molar-refractivity contribution in [3.63, 3.8) is 0 Å². The first kappa shape index (κ1) is 21.7. The van der Waals surface area contributed by atoms with Crippen LogP contribution in [0.2, 0.25) is 0 Å². The normalized spacial score (nSPS) is 19.3. The van der Waals surface area contributed by atoms with E-state index >= 15 is 0 Å². The zero-order valence-electron chi connectivity index (χ0n) is 18.4. The Morgan fingerprint density at radius 2 is 1.59 bits per heavy atom. The number of nitrogens with one attached hydrogen (secondary N) is 2. The summed E-state index contributed by atoms with van der Waals surface area (Å²) in [6.45, 7) is 3.78. The maximum atomic E-state index is 12.7. The molecule has 2 aromatic carbocycles. The second-order valence-electron chi connectivity index (χ2n) is 8.01. The fourth-order valence-corrected chi connectivity index (χ4v) is 4.17. The van der Waals surface area contributed by atoms with Crippen LogP contribution in [0.3, 0.4) is 0 Å². The van der Waals surface area contributed by atoms with E-state index in [0.29, 0.717) is 32.0 Å². The van der Waals surface area contributed by atoms with Gasteiger partial charge in [-0.2, -0.15) is 0 Å². The average molecular weight is 435 g/mol. The summed E-state index contributed by atoms with van der Waals surface area (Å²) in [7, 11) is 1.67. The van der Waals surface area contributed by atoms with Gasteiger partial charge < -0.3 is 25.3 Å². The van der Waals surface area contributed by atoms with Crippen LogP contribution in [0.4, 0.5) is 11.4 Å². The molecule has 8 heteroatoms. The van der Waals surface area contributed by atoms with Crippen molar-refractivity contribution in [1.82, 2.24) is 15.5 Å². The summed E-state index contributed by atoms with van der Waals surface area (Å²) in [5, 5.41) is 6.39. The lowest BCUT2D eigenvalue weighted by atomic mass is 10.2. The minimum absolute atomic E-state index is 0.0501. The van der Waals surface area contributed by atoms with Gasteiger partial charge in [0.1, 0.15) is 0 Å². The third-order valence-corrected chi connectivity index (χ3v) is 5.92. The van der Waals surface area contributed by atoms with Crippen molar-refractivity contribution in [3.8, 4) is 0 Å². The van der Waals surface area contributed by atoms with Crippen LogP contribution in [0.1, 0.15) is 6.42 Å². The Labute approximate surface area is 188 Å². The molecule has 2 amide bonds. The minimum Gasteiger partial charge on any atom is -0.368 e. The molecule has 0 aliphatic carbocycles. The smallest absolute Gasteiger partial charge is 0.242 e. The molecule has 2 saturated heterocycles. The Morgan fingerprint density at radius 3 is 2.22 bits per heavy atom. The Kier molecular flexibility index (Phi) is 6.89. The van der Waals surface area contributed by atoms with Crippen molar-refractivity contribution in [3.05, 3.63) is 60.7 Å². The van der Waals surface area contributed by atoms with Gasteiger partial charge in [-0.1, -0.05) is 36.4 Å². The number of aliphatic imine (C=N–C) groups is 1. The van der Waals surface area contributed by atoms with E-state index in [2.05, 4.69) is 32.7 Å². The number of rotatable bonds is 5. The summed E-state index contributed by atoms with van der Waals surface area (Å²) in [6.07, 6.45) is 0.394. The highest BCUT2D eigenvalue weighted by Crippen LogP contribution is 2.21. The Balaban J connectivity index is 1.23. The number of para-hydroxylation sites is 2. The van der Waals surface area contributed by atoms with Gasteiger partial charge in [0.2, 0.25) is 11.8 Å². The monoisotopic (exact) mass is 434 g/mol. The van der Waals surface area contributed by atoms with E-state index in [0.717, 1.165) is 18.8 Å². The third kappa shape index (κ3) is 5.19. The van der Waals surface area contributed by atoms with Gasteiger partial charge >= 0.3 is 0 Å². The van der Waals surface area contributed by atoms with Crippen LogP contribution in [0.5, 0.6) is 0 Å². The van der Waals surface area contributed by atoms with Crippen molar-refractivity contribution in [2.24, 2.45) is 4.99 Å². The standard InChI is InChI=1S/C24H30N6O2/c1-25-24(27-19-16-22(31)30(18-19)21-10-6-3-7-11-21)26-17-23(32)29-14-12-28(13-15-29)20-8-4-2-5-9-20/h2-11,19H,12-18H2,1H3,(H2,25,26,27). The summed E-state index contributed by atoms with van der Waals surface area (Å²) in [6, 6.07) is 19.9. The largest absolute Gasteiger partial charge is 0.368 e. The molecule has 2 aromatic rings. The summed E-state index contributed by atoms with van der Waals surface area (Å²) in [5.74, 6) is 0.666. The molecule has 32 heavy (non-hydrogen) atoms. The second kappa shape index (κ2) is 10.2. The Morgan fingerprint density at radius 1 is 0.969 bits per heavy atom. The van der Waals surface area contributed by atoms with E-state index in [-0.39, 0.29) is 24.4 Å². The van der Waals surface area contributed by atoms with E-state index in [4.69, 9.17) is 0 Å². The highest BCUT2D eigenvalue weighted by atomic mass is 16.2. The number of hydrogen-bond acceptors (Lipinski definition) is 4. The Bertz CT molecular complexity index is 941. The number of amides is 2. The van der Waals surface area contributed by atoms with Crippen molar-refractivity contribution < 1.29 is 9.59 Å². The van der Waals surface area contributed by atoms with E-state index in [1.807, 2.05) is 53.4 Å². The molecule has 0 aromatic heterocycles. The first-order chi connectivity index (χ1) is 15.6. The van der Waals surface area contributed by atoms with Crippen molar-refractivity contribution >= 4 is 29.1 Å². The van der Waals surface area contributed by atoms with Crippen molar-refractivity contribution in [2.45, 2.75) is 12.5 Å². The number of hydrogen-bond donors (Lipinski definition) is 2. The maximum Gasteiger partial charge on any atom is 0.242 e. The van der Waals surface area contributed by atoms with Gasteiger partial charge in [-0.25, -0.2) is 0 Å². The Hall–Kier alpha value is -3.55. The maximum absolute atomic E-state index is 12.7. The topological polar surface area (TPSA) is 80.3 Å². The molecule has 1 atom stereocenters. The summed E-state index contributed by atoms with van der Waals surface area (Å²) < 4.78 is 0. The van der Waals surface area contributed by atoms with Crippen LogP contribution in [0.25, 0.3) is 0 Å². The fraction of sp³-hybridized carbons (Fsp3) is 0.375. The van der Waals surface area contributed by atoms with Crippen molar-refractivity contribution in [1.29, 1.82) is 0 Å². The SMILES string of the molecule is CN=C(NCC(=O)N1CCN(c2ccccc2)CC1)NC1CC(=O)N(c2ccccc2)C1. The van der Waals surface area contributed by atoms with Crippen LogP contribution in [-0.2, 0) is 9.59 Å². The second-order valence-corrected chi connectivity index (χ2v) is 8.01. The lowest BCUT2D eigenvalue weighted by Gasteiger charge is -2.36. The summed E-state index contributed by atoms with van der Waals surface area (Å²) in [4.78, 5) is 35.3. The van der Waals surface area contributed by atoms with Crippen LogP contribution in [-0.4, -0.2) is 75.0 Å². The molecule has 4 rings (SSSR count). The van der Waals surface area contributed by atoms with Crippen molar-refractivity contribution in [2.75, 3.05) is 56.1 Å². The predicted molar refractivity (Wildman–Crippen MR) is 127 cm³/mol. The average Bonchev–Trinajstić information content (AvgIpc) is 3.22. The molecule has 0 radical (unpaired) electrons. The molecule has 0 bridgehead atoms. The first-order valence-electron chi connectivity index (χ1n) is 11.0. The molecule has 2 N–H and O–H groups in total. The van der Waals surface area contributed by atoms with Gasteiger partial charge in [-0.15, -0.1) is 0 Å². The van der Waals surface area contributed by atoms with E-state index in [1.54, 1.807) is 11.9 Å². The molecule has 2 aliphatic rings. The first-order valence-corrected chi connectivity index (χ1v) is 11.0. The molecule has 8 nitrogen and oxygen atoms in total. The molecule has 168 valence electrons. The van der Waals surface area contributed by atoms with E-state index in [1.165, 1.54) is 5.69 Å².